The van der Waals surface area contributed by atoms with Gasteiger partial charge in [-0.05, 0) is 25.3 Å². The van der Waals surface area contributed by atoms with Crippen LogP contribution >= 0.6 is 0 Å². The van der Waals surface area contributed by atoms with E-state index in [1.165, 1.54) is 0 Å². The quantitative estimate of drug-likeness (QED) is 0.376. The maximum Gasteiger partial charge on any atom is 0.0547 e. The fourth-order valence-electron chi connectivity index (χ4n) is 0.803. The van der Waals surface area contributed by atoms with Crippen LogP contribution in [-0.4, -0.2) is 12.7 Å². The summed E-state index contributed by atoms with van der Waals surface area (Å²) in [5.74, 6) is 0.423. The lowest BCUT2D eigenvalue weighted by Crippen LogP contribution is -2.37. The highest BCUT2D eigenvalue weighted by atomic mass is 14.9. The van der Waals surface area contributed by atoms with E-state index >= 15 is 0 Å². The van der Waals surface area contributed by atoms with Crippen LogP contribution in [0.2, 0.25) is 0 Å². The Balaban J connectivity index is 3.13. The molecule has 0 spiro atoms. The van der Waals surface area contributed by atoms with E-state index in [2.05, 4.69) is 6.92 Å². The topological polar surface area (TPSA) is 78.1 Å². The predicted octanol–water partition coefficient (Wildman–Crippen LogP) is -0.00500. The zero-order chi connectivity index (χ0) is 7.98. The van der Waals surface area contributed by atoms with Crippen LogP contribution in [0.4, 0.5) is 0 Å². The molecule has 0 aromatic heterocycles. The molecule has 0 saturated heterocycles. The van der Waals surface area contributed by atoms with E-state index in [0.29, 0.717) is 5.92 Å². The fourth-order valence-corrected chi connectivity index (χ4v) is 0.803. The molecule has 3 heteroatoms. The number of nitrogens with two attached hydrogens (primary N) is 3. The van der Waals surface area contributed by atoms with Crippen LogP contribution in [0.5, 0.6) is 0 Å². The molecule has 0 aromatic carbocycles. The summed E-state index contributed by atoms with van der Waals surface area (Å²) >= 11 is 0. The maximum atomic E-state index is 5.46. The molecule has 10 heavy (non-hydrogen) atoms. The Bertz CT molecular complexity index is 73.3. The molecule has 0 heterocycles. The molecule has 0 rings (SSSR count). The van der Waals surface area contributed by atoms with Gasteiger partial charge in [0.1, 0.15) is 0 Å². The first-order valence-corrected chi connectivity index (χ1v) is 3.89. The fraction of sp³-hybridized carbons (Fsp3) is 1.00. The lowest BCUT2D eigenvalue weighted by molar-refractivity contribution is 0.419. The number of unbranched alkanes of at least 4 members (excludes halogenated alkanes) is 1. The molecule has 0 bridgehead atoms. The molecule has 0 aromatic rings. The van der Waals surface area contributed by atoms with Gasteiger partial charge >= 0.3 is 0 Å². The molecule has 0 aliphatic heterocycles. The zero-order valence-corrected chi connectivity index (χ0v) is 6.72. The Kier molecular flexibility index (Phi) is 5.58. The Morgan fingerprint density at radius 3 is 2.20 bits per heavy atom. The van der Waals surface area contributed by atoms with Crippen molar-refractivity contribution >= 4 is 0 Å². The average molecular weight is 145 g/mol. The van der Waals surface area contributed by atoms with E-state index in [1.807, 2.05) is 0 Å². The van der Waals surface area contributed by atoms with Gasteiger partial charge in [-0.3, -0.25) is 0 Å². The Morgan fingerprint density at radius 2 is 1.80 bits per heavy atom. The largest absolute Gasteiger partial charge is 0.330 e. The summed E-state index contributed by atoms with van der Waals surface area (Å²) in [5, 5.41) is 0. The van der Waals surface area contributed by atoms with Crippen molar-refractivity contribution in [3.05, 3.63) is 0 Å². The normalized spacial score (nSPS) is 14.1. The lowest BCUT2D eigenvalue weighted by atomic mass is 10.0. The molecule has 62 valence electrons. The van der Waals surface area contributed by atoms with Gasteiger partial charge in [-0.1, -0.05) is 13.3 Å². The van der Waals surface area contributed by atoms with Crippen molar-refractivity contribution in [2.24, 2.45) is 23.1 Å². The van der Waals surface area contributed by atoms with Crippen LogP contribution in [0.25, 0.3) is 0 Å². The first-order valence-electron chi connectivity index (χ1n) is 3.89. The molecule has 1 unspecified atom stereocenters. The predicted molar refractivity (Wildman–Crippen MR) is 44.2 cm³/mol. The van der Waals surface area contributed by atoms with Crippen molar-refractivity contribution in [2.45, 2.75) is 32.4 Å². The summed E-state index contributed by atoms with van der Waals surface area (Å²) < 4.78 is 0. The zero-order valence-electron chi connectivity index (χ0n) is 6.72. The minimum atomic E-state index is -0.169. The molecule has 0 amide bonds. The smallest absolute Gasteiger partial charge is 0.0547 e. The van der Waals surface area contributed by atoms with Gasteiger partial charge in [0.2, 0.25) is 0 Å². The second-order valence-corrected chi connectivity index (χ2v) is 2.84. The summed E-state index contributed by atoms with van der Waals surface area (Å²) in [6.45, 7) is 2.84. The number of rotatable bonds is 5. The van der Waals surface area contributed by atoms with Crippen molar-refractivity contribution < 1.29 is 0 Å². The molecule has 3 nitrogen and oxygen atoms in total. The van der Waals surface area contributed by atoms with Gasteiger partial charge in [-0.25, -0.2) is 0 Å². The van der Waals surface area contributed by atoms with Crippen LogP contribution in [0, 0.1) is 5.92 Å². The van der Waals surface area contributed by atoms with Crippen molar-refractivity contribution in [3.63, 3.8) is 0 Å². The molecule has 0 radical (unpaired) electrons. The van der Waals surface area contributed by atoms with Gasteiger partial charge < -0.3 is 17.2 Å². The molecule has 0 aliphatic carbocycles. The number of hydrogen-bond acceptors (Lipinski definition) is 3. The third kappa shape index (κ3) is 4.73. The van der Waals surface area contributed by atoms with E-state index in [-0.39, 0.29) is 6.17 Å². The molecular weight excluding hydrogens is 126 g/mol. The summed E-state index contributed by atoms with van der Waals surface area (Å²) in [5.41, 5.74) is 16.3. The minimum Gasteiger partial charge on any atom is -0.330 e. The summed E-state index contributed by atoms with van der Waals surface area (Å²) in [4.78, 5) is 0. The Labute approximate surface area is 62.9 Å². The Hall–Kier alpha value is -0.120. The average Bonchev–Trinajstić information content (AvgIpc) is 1.88. The Morgan fingerprint density at radius 1 is 1.20 bits per heavy atom. The van der Waals surface area contributed by atoms with E-state index in [9.17, 15) is 0 Å². The van der Waals surface area contributed by atoms with Crippen molar-refractivity contribution in [3.8, 4) is 0 Å². The number of hydrogen-bond donors (Lipinski definition) is 3. The van der Waals surface area contributed by atoms with E-state index in [0.717, 1.165) is 25.8 Å². The standard InChI is InChI=1S/C7H19N3/c1-6(7(9)10)4-2-3-5-8/h6-7H,2-5,8-10H2,1H3. The SMILES string of the molecule is CC(CCCCN)C(N)N. The van der Waals surface area contributed by atoms with Crippen molar-refractivity contribution in [1.82, 2.24) is 0 Å². The van der Waals surface area contributed by atoms with Gasteiger partial charge in [0.05, 0.1) is 6.17 Å². The monoisotopic (exact) mass is 145 g/mol. The van der Waals surface area contributed by atoms with E-state index in [4.69, 9.17) is 17.2 Å². The highest BCUT2D eigenvalue weighted by Gasteiger charge is 2.05. The highest BCUT2D eigenvalue weighted by molar-refractivity contribution is 4.61. The van der Waals surface area contributed by atoms with Crippen LogP contribution in [0.1, 0.15) is 26.2 Å². The van der Waals surface area contributed by atoms with Crippen LogP contribution in [0.15, 0.2) is 0 Å². The van der Waals surface area contributed by atoms with Crippen molar-refractivity contribution in [2.75, 3.05) is 6.54 Å². The first-order chi connectivity index (χ1) is 4.68. The maximum absolute atomic E-state index is 5.46. The van der Waals surface area contributed by atoms with Crippen LogP contribution in [-0.2, 0) is 0 Å². The molecule has 0 aliphatic rings. The molecule has 6 N–H and O–H groups in total. The molecule has 1 atom stereocenters. The van der Waals surface area contributed by atoms with Gasteiger partial charge in [-0.15, -0.1) is 0 Å². The minimum absolute atomic E-state index is 0.169. The van der Waals surface area contributed by atoms with Gasteiger partial charge in [-0.2, -0.15) is 0 Å². The third-order valence-electron chi connectivity index (χ3n) is 1.77. The van der Waals surface area contributed by atoms with E-state index in [1.54, 1.807) is 0 Å². The summed E-state index contributed by atoms with van der Waals surface area (Å²) in [7, 11) is 0. The van der Waals surface area contributed by atoms with Gasteiger partial charge in [0.15, 0.2) is 0 Å². The second kappa shape index (κ2) is 5.65. The highest BCUT2D eigenvalue weighted by Crippen LogP contribution is 2.07. The molecular formula is C7H19N3. The van der Waals surface area contributed by atoms with Crippen LogP contribution < -0.4 is 17.2 Å². The molecule has 0 fully saturated rings. The summed E-state index contributed by atoms with van der Waals surface area (Å²) in [6.07, 6.45) is 3.15. The second-order valence-electron chi connectivity index (χ2n) is 2.84. The van der Waals surface area contributed by atoms with Gasteiger partial charge in [0.25, 0.3) is 0 Å². The first kappa shape index (κ1) is 9.88. The lowest BCUT2D eigenvalue weighted by Gasteiger charge is -2.14. The molecule has 0 saturated carbocycles. The third-order valence-corrected chi connectivity index (χ3v) is 1.77. The van der Waals surface area contributed by atoms with Crippen LogP contribution in [0.3, 0.4) is 0 Å². The van der Waals surface area contributed by atoms with Crippen molar-refractivity contribution in [1.29, 1.82) is 0 Å². The van der Waals surface area contributed by atoms with Gasteiger partial charge in [0, 0.05) is 0 Å². The summed E-state index contributed by atoms with van der Waals surface area (Å²) in [6, 6.07) is 0. The van der Waals surface area contributed by atoms with E-state index < -0.39 is 0 Å².